The summed E-state index contributed by atoms with van der Waals surface area (Å²) in [5.41, 5.74) is 3.13. The van der Waals surface area contributed by atoms with E-state index in [0.29, 0.717) is 24.5 Å². The summed E-state index contributed by atoms with van der Waals surface area (Å²) in [6, 6.07) is 19.5. The van der Waals surface area contributed by atoms with E-state index >= 15 is 0 Å². The van der Waals surface area contributed by atoms with Crippen molar-refractivity contribution in [2.75, 3.05) is 13.1 Å². The number of rotatable bonds is 9. The zero-order chi connectivity index (χ0) is 20.8. The van der Waals surface area contributed by atoms with Crippen LogP contribution in [0.15, 0.2) is 60.7 Å². The Labute approximate surface area is 175 Å². The van der Waals surface area contributed by atoms with Gasteiger partial charge in [-0.1, -0.05) is 49.2 Å². The van der Waals surface area contributed by atoms with E-state index in [2.05, 4.69) is 20.6 Å². The number of hydrogen-bond acceptors (Lipinski definition) is 2. The van der Waals surface area contributed by atoms with Crippen LogP contribution in [-0.2, 0) is 0 Å². The van der Waals surface area contributed by atoms with E-state index in [1.165, 1.54) is 0 Å². The lowest BCUT2D eigenvalue weighted by molar-refractivity contribution is 0.0939. The van der Waals surface area contributed by atoms with Gasteiger partial charge >= 0.3 is 0 Å². The molecule has 4 N–H and O–H groups in total. The van der Waals surface area contributed by atoms with Gasteiger partial charge in [-0.3, -0.25) is 9.59 Å². The van der Waals surface area contributed by atoms with Crippen LogP contribution in [0.25, 0.3) is 21.8 Å². The topological polar surface area (TPSA) is 89.8 Å². The third kappa shape index (κ3) is 4.71. The largest absolute Gasteiger partial charge is 0.351 e. The lowest BCUT2D eigenvalue weighted by atomic mass is 10.2. The first-order valence-electron chi connectivity index (χ1n) is 10.4. The minimum atomic E-state index is -0.0724. The van der Waals surface area contributed by atoms with Crippen LogP contribution in [0.1, 0.15) is 46.7 Å². The van der Waals surface area contributed by atoms with Gasteiger partial charge in [0.15, 0.2) is 0 Å². The Morgan fingerprint density at radius 2 is 1.07 bits per heavy atom. The third-order valence-corrected chi connectivity index (χ3v) is 5.22. The van der Waals surface area contributed by atoms with Gasteiger partial charge in [0.05, 0.1) is 0 Å². The molecule has 4 rings (SSSR count). The van der Waals surface area contributed by atoms with Crippen molar-refractivity contribution >= 4 is 33.6 Å². The van der Waals surface area contributed by atoms with Crippen LogP contribution in [0.5, 0.6) is 0 Å². The molecule has 2 aromatic carbocycles. The Hall–Kier alpha value is -3.54. The first-order chi connectivity index (χ1) is 14.7. The molecule has 6 nitrogen and oxygen atoms in total. The number of aromatic nitrogens is 2. The van der Waals surface area contributed by atoms with Crippen LogP contribution >= 0.6 is 0 Å². The van der Waals surface area contributed by atoms with Crippen molar-refractivity contribution in [3.05, 3.63) is 72.1 Å². The average Bonchev–Trinajstić information content (AvgIpc) is 3.39. The van der Waals surface area contributed by atoms with E-state index < -0.39 is 0 Å². The smallest absolute Gasteiger partial charge is 0.267 e. The van der Waals surface area contributed by atoms with Crippen molar-refractivity contribution in [3.63, 3.8) is 0 Å². The summed E-state index contributed by atoms with van der Waals surface area (Å²) in [7, 11) is 0. The molecule has 2 heterocycles. The second-order valence-corrected chi connectivity index (χ2v) is 7.47. The molecule has 0 aliphatic heterocycles. The highest BCUT2D eigenvalue weighted by atomic mass is 16.2. The SMILES string of the molecule is O=C(NCCCCCCNC(=O)c1cc2ccccc2[nH]1)c1cc2ccccc2[nH]1. The quantitative estimate of drug-likeness (QED) is 0.313. The molecule has 0 bridgehead atoms. The molecule has 0 atom stereocenters. The summed E-state index contributed by atoms with van der Waals surface area (Å²) < 4.78 is 0. The number of unbranched alkanes of at least 4 members (excludes halogenated alkanes) is 3. The van der Waals surface area contributed by atoms with Gasteiger partial charge in [-0.2, -0.15) is 0 Å². The maximum atomic E-state index is 12.2. The van der Waals surface area contributed by atoms with Crippen LogP contribution in [0.4, 0.5) is 0 Å². The number of aromatic amines is 2. The van der Waals surface area contributed by atoms with Crippen molar-refractivity contribution in [1.82, 2.24) is 20.6 Å². The Balaban J connectivity index is 1.10. The van der Waals surface area contributed by atoms with Gasteiger partial charge in [0.1, 0.15) is 11.4 Å². The molecule has 0 spiro atoms. The van der Waals surface area contributed by atoms with Crippen molar-refractivity contribution in [2.45, 2.75) is 25.7 Å². The minimum absolute atomic E-state index is 0.0724. The highest BCUT2D eigenvalue weighted by molar-refractivity contribution is 5.98. The summed E-state index contributed by atoms with van der Waals surface area (Å²) >= 11 is 0. The summed E-state index contributed by atoms with van der Waals surface area (Å²) in [4.78, 5) is 30.7. The monoisotopic (exact) mass is 402 g/mol. The molecule has 0 fully saturated rings. The maximum Gasteiger partial charge on any atom is 0.267 e. The normalized spacial score (nSPS) is 11.1. The Kier molecular flexibility index (Phi) is 6.13. The van der Waals surface area contributed by atoms with Gasteiger partial charge < -0.3 is 20.6 Å². The predicted octanol–water partition coefficient (Wildman–Crippen LogP) is 4.37. The first kappa shape index (κ1) is 19.8. The average molecular weight is 402 g/mol. The Morgan fingerprint density at radius 3 is 1.50 bits per heavy atom. The lowest BCUT2D eigenvalue weighted by Gasteiger charge is -2.05. The van der Waals surface area contributed by atoms with Gasteiger partial charge in [0.25, 0.3) is 11.8 Å². The number of carbonyl (C=O) groups is 2. The van der Waals surface area contributed by atoms with Gasteiger partial charge in [-0.25, -0.2) is 0 Å². The van der Waals surface area contributed by atoms with Crippen LogP contribution < -0.4 is 10.6 Å². The summed E-state index contributed by atoms with van der Waals surface area (Å²) in [5.74, 6) is -0.145. The van der Waals surface area contributed by atoms with Gasteiger partial charge in [0, 0.05) is 34.9 Å². The molecule has 4 aromatic rings. The summed E-state index contributed by atoms with van der Waals surface area (Å²) in [6.45, 7) is 1.30. The van der Waals surface area contributed by atoms with Gasteiger partial charge in [-0.05, 0) is 37.1 Å². The summed E-state index contributed by atoms with van der Waals surface area (Å²) in [5, 5.41) is 8.00. The molecule has 0 aliphatic carbocycles. The van der Waals surface area contributed by atoms with E-state index in [4.69, 9.17) is 0 Å². The zero-order valence-corrected chi connectivity index (χ0v) is 16.8. The van der Waals surface area contributed by atoms with Crippen molar-refractivity contribution in [1.29, 1.82) is 0 Å². The van der Waals surface area contributed by atoms with Gasteiger partial charge in [0.2, 0.25) is 0 Å². The molecule has 0 unspecified atom stereocenters. The molecule has 0 aliphatic rings. The minimum Gasteiger partial charge on any atom is -0.351 e. The van der Waals surface area contributed by atoms with Crippen LogP contribution in [0.2, 0.25) is 0 Å². The highest BCUT2D eigenvalue weighted by Gasteiger charge is 2.09. The number of carbonyl (C=O) groups excluding carboxylic acids is 2. The first-order valence-corrected chi connectivity index (χ1v) is 10.4. The fourth-order valence-corrected chi connectivity index (χ4v) is 3.59. The van der Waals surface area contributed by atoms with Crippen LogP contribution in [0, 0.1) is 0 Å². The Bertz CT molecular complexity index is 1000. The molecular formula is C24H26N4O2. The van der Waals surface area contributed by atoms with Crippen molar-refractivity contribution in [3.8, 4) is 0 Å². The van der Waals surface area contributed by atoms with Crippen LogP contribution in [0.3, 0.4) is 0 Å². The molecule has 6 heteroatoms. The second kappa shape index (κ2) is 9.31. The van der Waals surface area contributed by atoms with Crippen molar-refractivity contribution < 1.29 is 9.59 Å². The lowest BCUT2D eigenvalue weighted by Crippen LogP contribution is -2.25. The molecule has 0 saturated carbocycles. The van der Waals surface area contributed by atoms with E-state index in [-0.39, 0.29) is 11.8 Å². The molecule has 30 heavy (non-hydrogen) atoms. The van der Waals surface area contributed by atoms with E-state index in [1.54, 1.807) is 0 Å². The molecule has 2 aromatic heterocycles. The van der Waals surface area contributed by atoms with Crippen LogP contribution in [-0.4, -0.2) is 34.9 Å². The summed E-state index contributed by atoms with van der Waals surface area (Å²) in [6.07, 6.45) is 3.86. The molecule has 2 amide bonds. The number of H-pyrrole nitrogens is 2. The standard InChI is InChI=1S/C24H26N4O2/c29-23(21-15-17-9-3-5-11-19(17)27-21)25-13-7-1-2-8-14-26-24(30)22-16-18-10-4-6-12-20(18)28-22/h3-6,9-12,15-16,27-28H,1-2,7-8,13-14H2,(H,25,29)(H,26,30). The second-order valence-electron chi connectivity index (χ2n) is 7.47. The number of nitrogens with one attached hydrogen (secondary N) is 4. The highest BCUT2D eigenvalue weighted by Crippen LogP contribution is 2.15. The number of amides is 2. The predicted molar refractivity (Wildman–Crippen MR) is 120 cm³/mol. The Morgan fingerprint density at radius 1 is 0.633 bits per heavy atom. The van der Waals surface area contributed by atoms with Crippen molar-refractivity contribution in [2.24, 2.45) is 0 Å². The maximum absolute atomic E-state index is 12.2. The number of benzene rings is 2. The molecular weight excluding hydrogens is 376 g/mol. The molecule has 0 radical (unpaired) electrons. The molecule has 154 valence electrons. The van der Waals surface area contributed by atoms with Gasteiger partial charge in [-0.15, -0.1) is 0 Å². The number of hydrogen-bond donors (Lipinski definition) is 4. The van der Waals surface area contributed by atoms with E-state index in [0.717, 1.165) is 47.5 Å². The van der Waals surface area contributed by atoms with E-state index in [1.807, 2.05) is 60.7 Å². The fraction of sp³-hybridized carbons (Fsp3) is 0.250. The fourth-order valence-electron chi connectivity index (χ4n) is 3.59. The zero-order valence-electron chi connectivity index (χ0n) is 16.8. The molecule has 0 saturated heterocycles. The third-order valence-electron chi connectivity index (χ3n) is 5.22. The number of para-hydroxylation sites is 2. The van der Waals surface area contributed by atoms with E-state index in [9.17, 15) is 9.59 Å². The number of fused-ring (bicyclic) bond motifs is 2.